The Morgan fingerprint density at radius 1 is 1.11 bits per heavy atom. The second kappa shape index (κ2) is 5.03. The normalized spacial score (nSPS) is 10.1. The minimum atomic E-state index is 0.203. The molecule has 0 saturated heterocycles. The van der Waals surface area contributed by atoms with Crippen LogP contribution in [0.3, 0.4) is 0 Å². The molecular weight excluding hydrogens is 293 g/mol. The Labute approximate surface area is 119 Å². The molecule has 0 aliphatic rings. The molecule has 0 bridgehead atoms. The van der Waals surface area contributed by atoms with Gasteiger partial charge in [-0.15, -0.1) is 0 Å². The smallest absolute Gasteiger partial charge is 0.142 e. The summed E-state index contributed by atoms with van der Waals surface area (Å²) in [5.41, 5.74) is 7.20. The summed E-state index contributed by atoms with van der Waals surface area (Å²) in [4.78, 5) is 3.94. The van der Waals surface area contributed by atoms with Crippen LogP contribution in [0.2, 0.25) is 15.1 Å². The summed E-state index contributed by atoms with van der Waals surface area (Å²) >= 11 is 18.0. The molecule has 6 heteroatoms. The molecule has 1 aromatic carbocycles. The van der Waals surface area contributed by atoms with Gasteiger partial charge in [-0.3, -0.25) is 0 Å². The third-order valence-corrected chi connectivity index (χ3v) is 3.34. The maximum Gasteiger partial charge on any atom is 0.142 e. The van der Waals surface area contributed by atoms with Gasteiger partial charge in [-0.1, -0.05) is 34.8 Å². The van der Waals surface area contributed by atoms with Crippen molar-refractivity contribution in [1.82, 2.24) is 4.98 Å². The Hall–Kier alpha value is -1.47. The van der Waals surface area contributed by atoms with Crippen LogP contribution in [0.5, 0.6) is 0 Å². The van der Waals surface area contributed by atoms with Crippen molar-refractivity contribution in [1.29, 1.82) is 5.26 Å². The van der Waals surface area contributed by atoms with Crippen LogP contribution < -0.4 is 5.73 Å². The zero-order valence-corrected chi connectivity index (χ0v) is 11.2. The molecule has 0 aliphatic carbocycles. The lowest BCUT2D eigenvalue weighted by Gasteiger charge is -2.09. The minimum absolute atomic E-state index is 0.203. The molecule has 0 unspecified atom stereocenters. The number of aromatic nitrogens is 1. The number of nitrogen functional groups attached to an aromatic ring is 1. The minimum Gasteiger partial charge on any atom is -0.383 e. The maximum absolute atomic E-state index is 8.73. The first-order chi connectivity index (χ1) is 8.52. The molecule has 18 heavy (non-hydrogen) atoms. The van der Waals surface area contributed by atoms with Gasteiger partial charge in [0.2, 0.25) is 0 Å². The van der Waals surface area contributed by atoms with E-state index in [1.807, 2.05) is 6.07 Å². The van der Waals surface area contributed by atoms with Crippen LogP contribution in [0.25, 0.3) is 11.1 Å². The predicted molar refractivity (Wildman–Crippen MR) is 73.8 cm³/mol. The average molecular weight is 299 g/mol. The first-order valence-electron chi connectivity index (χ1n) is 4.84. The summed E-state index contributed by atoms with van der Waals surface area (Å²) < 4.78 is 0. The first kappa shape index (κ1) is 13.0. The Bertz CT molecular complexity index is 662. The number of hydrogen-bond donors (Lipinski definition) is 1. The summed E-state index contributed by atoms with van der Waals surface area (Å²) in [7, 11) is 0. The fourth-order valence-electron chi connectivity index (χ4n) is 1.52. The van der Waals surface area contributed by atoms with E-state index in [1.54, 1.807) is 24.3 Å². The topological polar surface area (TPSA) is 62.7 Å². The highest BCUT2D eigenvalue weighted by Crippen LogP contribution is 2.38. The van der Waals surface area contributed by atoms with Crippen molar-refractivity contribution >= 4 is 40.6 Å². The lowest BCUT2D eigenvalue weighted by atomic mass is 10.1. The number of pyridine rings is 1. The molecule has 2 N–H and O–H groups in total. The fourth-order valence-corrected chi connectivity index (χ4v) is 2.22. The molecule has 2 aromatic rings. The van der Waals surface area contributed by atoms with E-state index < -0.39 is 0 Å². The van der Waals surface area contributed by atoms with Gasteiger partial charge in [0.15, 0.2) is 0 Å². The van der Waals surface area contributed by atoms with Gasteiger partial charge in [-0.25, -0.2) is 4.98 Å². The van der Waals surface area contributed by atoms with Crippen molar-refractivity contribution in [2.75, 3.05) is 5.73 Å². The van der Waals surface area contributed by atoms with Crippen LogP contribution in [-0.4, -0.2) is 4.98 Å². The van der Waals surface area contributed by atoms with E-state index in [2.05, 4.69) is 4.98 Å². The first-order valence-corrected chi connectivity index (χ1v) is 5.98. The zero-order chi connectivity index (χ0) is 13.3. The Morgan fingerprint density at radius 3 is 2.44 bits per heavy atom. The molecule has 0 atom stereocenters. The Morgan fingerprint density at radius 2 is 1.83 bits per heavy atom. The third-order valence-electron chi connectivity index (χ3n) is 2.32. The SMILES string of the molecule is N#Cc1ccc(-c2cc(Cl)cc(Cl)c2Cl)c(N)n1. The van der Waals surface area contributed by atoms with Gasteiger partial charge in [0, 0.05) is 16.1 Å². The number of nitriles is 1. The molecule has 90 valence electrons. The lowest BCUT2D eigenvalue weighted by molar-refractivity contribution is 1.27. The second-order valence-corrected chi connectivity index (χ2v) is 4.71. The Balaban J connectivity index is 2.66. The van der Waals surface area contributed by atoms with E-state index in [-0.39, 0.29) is 11.5 Å². The van der Waals surface area contributed by atoms with Crippen LogP contribution in [-0.2, 0) is 0 Å². The van der Waals surface area contributed by atoms with Crippen LogP contribution in [0.1, 0.15) is 5.69 Å². The van der Waals surface area contributed by atoms with Crippen LogP contribution in [0.15, 0.2) is 24.3 Å². The van der Waals surface area contributed by atoms with Crippen molar-refractivity contribution in [3.63, 3.8) is 0 Å². The van der Waals surface area contributed by atoms with E-state index in [0.717, 1.165) is 0 Å². The van der Waals surface area contributed by atoms with Crippen molar-refractivity contribution < 1.29 is 0 Å². The van der Waals surface area contributed by atoms with Gasteiger partial charge in [0.05, 0.1) is 10.0 Å². The van der Waals surface area contributed by atoms with Gasteiger partial charge < -0.3 is 5.73 Å². The molecule has 1 aromatic heterocycles. The van der Waals surface area contributed by atoms with Gasteiger partial charge in [0.25, 0.3) is 0 Å². The van der Waals surface area contributed by atoms with Crippen molar-refractivity contribution in [2.24, 2.45) is 0 Å². The number of nitrogens with zero attached hydrogens (tertiary/aromatic N) is 2. The lowest BCUT2D eigenvalue weighted by Crippen LogP contribution is -1.96. The van der Waals surface area contributed by atoms with E-state index in [4.69, 9.17) is 45.8 Å². The Kier molecular flexibility index (Phi) is 3.63. The monoisotopic (exact) mass is 297 g/mol. The van der Waals surface area contributed by atoms with Crippen LogP contribution in [0.4, 0.5) is 5.82 Å². The summed E-state index contributed by atoms with van der Waals surface area (Å²) in [5, 5.41) is 9.86. The van der Waals surface area contributed by atoms with Crippen molar-refractivity contribution in [2.45, 2.75) is 0 Å². The maximum atomic E-state index is 8.73. The van der Waals surface area contributed by atoms with Gasteiger partial charge >= 0.3 is 0 Å². The molecule has 0 spiro atoms. The molecular formula is C12H6Cl3N3. The zero-order valence-electron chi connectivity index (χ0n) is 8.92. The average Bonchev–Trinajstić information content (AvgIpc) is 2.34. The highest BCUT2D eigenvalue weighted by atomic mass is 35.5. The van der Waals surface area contributed by atoms with Crippen LogP contribution >= 0.6 is 34.8 Å². The van der Waals surface area contributed by atoms with E-state index in [0.29, 0.717) is 26.2 Å². The van der Waals surface area contributed by atoms with Crippen molar-refractivity contribution in [3.8, 4) is 17.2 Å². The highest BCUT2D eigenvalue weighted by molar-refractivity contribution is 6.45. The summed E-state index contributed by atoms with van der Waals surface area (Å²) in [6, 6.07) is 8.31. The molecule has 0 saturated carbocycles. The second-order valence-electron chi connectivity index (χ2n) is 3.49. The molecule has 3 nitrogen and oxygen atoms in total. The highest BCUT2D eigenvalue weighted by Gasteiger charge is 2.12. The fraction of sp³-hybridized carbons (Fsp3) is 0. The molecule has 0 radical (unpaired) electrons. The van der Waals surface area contributed by atoms with Gasteiger partial charge in [-0.2, -0.15) is 5.26 Å². The third kappa shape index (κ3) is 2.37. The standard InChI is InChI=1S/C12H6Cl3N3/c13-6-3-9(11(15)10(14)4-6)8-2-1-7(5-16)18-12(8)17/h1-4H,(H2,17,18). The van der Waals surface area contributed by atoms with E-state index in [9.17, 15) is 0 Å². The summed E-state index contributed by atoms with van der Waals surface area (Å²) in [5.74, 6) is 0.203. The van der Waals surface area contributed by atoms with Crippen molar-refractivity contribution in [3.05, 3.63) is 45.0 Å². The van der Waals surface area contributed by atoms with Gasteiger partial charge in [0.1, 0.15) is 17.6 Å². The number of nitrogens with two attached hydrogens (primary N) is 1. The quantitative estimate of drug-likeness (QED) is 0.804. The molecule has 1 heterocycles. The number of halogens is 3. The number of benzene rings is 1. The molecule has 0 amide bonds. The van der Waals surface area contributed by atoms with E-state index >= 15 is 0 Å². The number of hydrogen-bond acceptors (Lipinski definition) is 3. The molecule has 2 rings (SSSR count). The van der Waals surface area contributed by atoms with Crippen LogP contribution in [0, 0.1) is 11.3 Å². The number of anilines is 1. The largest absolute Gasteiger partial charge is 0.383 e. The summed E-state index contributed by atoms with van der Waals surface area (Å²) in [6.07, 6.45) is 0. The number of rotatable bonds is 1. The van der Waals surface area contributed by atoms with Gasteiger partial charge in [-0.05, 0) is 24.3 Å². The van der Waals surface area contributed by atoms with E-state index in [1.165, 1.54) is 0 Å². The summed E-state index contributed by atoms with van der Waals surface area (Å²) in [6.45, 7) is 0. The molecule has 0 fully saturated rings. The predicted octanol–water partition coefficient (Wildman–Crippen LogP) is 4.16. The molecule has 0 aliphatic heterocycles.